The van der Waals surface area contributed by atoms with Gasteiger partial charge in [-0.3, -0.25) is 0 Å². The van der Waals surface area contributed by atoms with E-state index in [1.54, 1.807) is 29.9 Å². The van der Waals surface area contributed by atoms with Crippen LogP contribution < -0.4 is 10.5 Å². The molecule has 1 heterocycles. The van der Waals surface area contributed by atoms with Gasteiger partial charge < -0.3 is 10.5 Å². The normalized spacial score (nSPS) is 21.4. The van der Waals surface area contributed by atoms with Crippen LogP contribution in [0, 0.1) is 0 Å². The minimum absolute atomic E-state index is 0.00630. The molecule has 0 spiro atoms. The summed E-state index contributed by atoms with van der Waals surface area (Å²) in [5.41, 5.74) is 8.83. The van der Waals surface area contributed by atoms with Gasteiger partial charge in [0.15, 0.2) is 5.16 Å². The number of aromatic nitrogens is 3. The Morgan fingerprint density at radius 1 is 1.47 bits per heavy atom. The van der Waals surface area contributed by atoms with E-state index in [0.717, 1.165) is 17.3 Å². The van der Waals surface area contributed by atoms with Crippen molar-refractivity contribution in [3.63, 3.8) is 0 Å². The third-order valence-corrected chi connectivity index (χ3v) is 4.80. The Morgan fingerprint density at radius 2 is 2.32 bits per heavy atom. The fourth-order valence-electron chi connectivity index (χ4n) is 2.38. The van der Waals surface area contributed by atoms with Crippen molar-refractivity contribution in [1.29, 1.82) is 0 Å². The molecule has 1 aromatic heterocycles. The summed E-state index contributed by atoms with van der Waals surface area (Å²) in [6.07, 6.45) is 2.52. The molecular formula is C13H16N4OS. The van der Waals surface area contributed by atoms with E-state index in [1.165, 1.54) is 11.1 Å². The number of nitrogens with two attached hydrogens (primary N) is 1. The molecule has 0 saturated carbocycles. The smallest absolute Gasteiger partial charge is 0.186 e. The summed E-state index contributed by atoms with van der Waals surface area (Å²) >= 11 is 1.69. The zero-order valence-electron chi connectivity index (χ0n) is 10.9. The first-order valence-corrected chi connectivity index (χ1v) is 7.00. The molecule has 6 heteroatoms. The Labute approximate surface area is 116 Å². The predicted molar refractivity (Wildman–Crippen MR) is 74.3 cm³/mol. The van der Waals surface area contributed by atoms with Crippen molar-refractivity contribution in [2.45, 2.75) is 22.9 Å². The van der Waals surface area contributed by atoms with E-state index in [-0.39, 0.29) is 6.04 Å². The Kier molecular flexibility index (Phi) is 3.20. The van der Waals surface area contributed by atoms with Gasteiger partial charge in [-0.05, 0) is 29.7 Å². The molecule has 19 heavy (non-hydrogen) atoms. The Bertz CT molecular complexity index is 598. The van der Waals surface area contributed by atoms with Crippen molar-refractivity contribution in [3.05, 3.63) is 35.7 Å². The quantitative estimate of drug-likeness (QED) is 0.921. The third kappa shape index (κ3) is 2.21. The number of thioether (sulfide) groups is 1. The van der Waals surface area contributed by atoms with Crippen molar-refractivity contribution < 1.29 is 4.74 Å². The maximum atomic E-state index is 6.35. The third-order valence-electron chi connectivity index (χ3n) is 3.46. The van der Waals surface area contributed by atoms with Gasteiger partial charge in [-0.2, -0.15) is 5.10 Å². The SMILES string of the molecule is COc1ccc2c(c1)C(N)C(Sc1ncnn1C)C2. The molecular weight excluding hydrogens is 260 g/mol. The number of ether oxygens (including phenoxy) is 1. The van der Waals surface area contributed by atoms with Crippen molar-refractivity contribution in [2.24, 2.45) is 12.8 Å². The van der Waals surface area contributed by atoms with Crippen LogP contribution in [-0.2, 0) is 13.5 Å². The topological polar surface area (TPSA) is 66.0 Å². The standard InChI is InChI=1S/C13H16N4OS/c1-17-13(15-7-16-17)19-11-5-8-3-4-9(18-2)6-10(8)12(11)14/h3-4,6-7,11-12H,5,14H2,1-2H3. The van der Waals surface area contributed by atoms with Crippen molar-refractivity contribution in [2.75, 3.05) is 7.11 Å². The van der Waals surface area contributed by atoms with Crippen molar-refractivity contribution in [3.8, 4) is 5.75 Å². The average molecular weight is 276 g/mol. The van der Waals surface area contributed by atoms with E-state index in [9.17, 15) is 0 Å². The molecule has 3 rings (SSSR count). The Morgan fingerprint density at radius 3 is 3.00 bits per heavy atom. The molecule has 100 valence electrons. The van der Waals surface area contributed by atoms with Gasteiger partial charge in [-0.25, -0.2) is 9.67 Å². The summed E-state index contributed by atoms with van der Waals surface area (Å²) in [5, 5.41) is 5.28. The summed E-state index contributed by atoms with van der Waals surface area (Å²) in [6, 6.07) is 6.13. The van der Waals surface area contributed by atoms with Gasteiger partial charge in [0.05, 0.1) is 7.11 Å². The lowest BCUT2D eigenvalue weighted by molar-refractivity contribution is 0.414. The molecule has 0 amide bonds. The average Bonchev–Trinajstić information content (AvgIpc) is 2.95. The molecule has 0 radical (unpaired) electrons. The van der Waals surface area contributed by atoms with Crippen LogP contribution in [0.3, 0.4) is 0 Å². The van der Waals surface area contributed by atoms with Gasteiger partial charge in [-0.15, -0.1) is 0 Å². The maximum absolute atomic E-state index is 6.35. The molecule has 5 nitrogen and oxygen atoms in total. The minimum atomic E-state index is 0.00630. The number of nitrogens with zero attached hydrogens (tertiary/aromatic N) is 3. The van der Waals surface area contributed by atoms with Crippen LogP contribution in [0.15, 0.2) is 29.7 Å². The molecule has 0 aliphatic heterocycles. The molecule has 2 unspecified atom stereocenters. The Balaban J connectivity index is 1.83. The highest BCUT2D eigenvalue weighted by Gasteiger charge is 2.31. The number of benzene rings is 1. The molecule has 0 bridgehead atoms. The van der Waals surface area contributed by atoms with Gasteiger partial charge >= 0.3 is 0 Å². The summed E-state index contributed by atoms with van der Waals surface area (Å²) in [7, 11) is 3.57. The molecule has 1 aliphatic rings. The summed E-state index contributed by atoms with van der Waals surface area (Å²) in [5.74, 6) is 0.860. The summed E-state index contributed by atoms with van der Waals surface area (Å²) in [4.78, 5) is 4.24. The maximum Gasteiger partial charge on any atom is 0.186 e. The van der Waals surface area contributed by atoms with Crippen molar-refractivity contribution in [1.82, 2.24) is 14.8 Å². The zero-order valence-corrected chi connectivity index (χ0v) is 11.7. The van der Waals surface area contributed by atoms with Crippen LogP contribution in [0.25, 0.3) is 0 Å². The molecule has 1 aromatic carbocycles. The lowest BCUT2D eigenvalue weighted by Gasteiger charge is -2.14. The summed E-state index contributed by atoms with van der Waals surface area (Å²) < 4.78 is 7.04. The molecule has 0 saturated heterocycles. The largest absolute Gasteiger partial charge is 0.497 e. The fourth-order valence-corrected chi connectivity index (χ4v) is 3.52. The van der Waals surface area contributed by atoms with Crippen LogP contribution in [-0.4, -0.2) is 27.1 Å². The Hall–Kier alpha value is -1.53. The van der Waals surface area contributed by atoms with Crippen LogP contribution in [0.4, 0.5) is 0 Å². The van der Waals surface area contributed by atoms with E-state index in [1.807, 2.05) is 19.2 Å². The molecule has 2 N–H and O–H groups in total. The van der Waals surface area contributed by atoms with Crippen LogP contribution >= 0.6 is 11.8 Å². The first-order valence-electron chi connectivity index (χ1n) is 6.12. The van der Waals surface area contributed by atoms with E-state index in [2.05, 4.69) is 16.1 Å². The highest BCUT2D eigenvalue weighted by molar-refractivity contribution is 7.99. The first kappa shape index (κ1) is 12.5. The molecule has 1 aliphatic carbocycles. The van der Waals surface area contributed by atoms with E-state index in [4.69, 9.17) is 10.5 Å². The predicted octanol–water partition coefficient (Wildman–Crippen LogP) is 1.54. The van der Waals surface area contributed by atoms with Crippen LogP contribution in [0.1, 0.15) is 17.2 Å². The van der Waals surface area contributed by atoms with Gasteiger partial charge in [-0.1, -0.05) is 17.8 Å². The fraction of sp³-hybridized carbons (Fsp3) is 0.385. The number of methoxy groups -OCH3 is 1. The first-order chi connectivity index (χ1) is 9.19. The lowest BCUT2D eigenvalue weighted by Crippen LogP contribution is -2.19. The van der Waals surface area contributed by atoms with E-state index >= 15 is 0 Å². The zero-order chi connectivity index (χ0) is 13.4. The molecule has 0 fully saturated rings. The monoisotopic (exact) mass is 276 g/mol. The van der Waals surface area contributed by atoms with Gasteiger partial charge in [0.2, 0.25) is 0 Å². The minimum Gasteiger partial charge on any atom is -0.497 e. The van der Waals surface area contributed by atoms with Crippen molar-refractivity contribution >= 4 is 11.8 Å². The second-order valence-corrected chi connectivity index (χ2v) is 5.82. The lowest BCUT2D eigenvalue weighted by atomic mass is 10.1. The highest BCUT2D eigenvalue weighted by atomic mass is 32.2. The molecule has 2 aromatic rings. The number of hydrogen-bond donors (Lipinski definition) is 1. The highest BCUT2D eigenvalue weighted by Crippen LogP contribution is 2.40. The number of fused-ring (bicyclic) bond motifs is 1. The van der Waals surface area contributed by atoms with Gasteiger partial charge in [0.1, 0.15) is 12.1 Å². The van der Waals surface area contributed by atoms with E-state index < -0.39 is 0 Å². The molecule has 2 atom stereocenters. The second kappa shape index (κ2) is 4.86. The van der Waals surface area contributed by atoms with Gasteiger partial charge in [0, 0.05) is 18.3 Å². The van der Waals surface area contributed by atoms with Crippen LogP contribution in [0.5, 0.6) is 5.75 Å². The van der Waals surface area contributed by atoms with Crippen LogP contribution in [0.2, 0.25) is 0 Å². The van der Waals surface area contributed by atoms with Gasteiger partial charge in [0.25, 0.3) is 0 Å². The number of rotatable bonds is 3. The summed E-state index contributed by atoms with van der Waals surface area (Å²) in [6.45, 7) is 0. The van der Waals surface area contributed by atoms with E-state index in [0.29, 0.717) is 5.25 Å². The second-order valence-electron chi connectivity index (χ2n) is 4.62. The number of aryl methyl sites for hydroxylation is 1. The number of hydrogen-bond acceptors (Lipinski definition) is 5.